The molecule has 0 bridgehead atoms. The van der Waals surface area contributed by atoms with Crippen molar-refractivity contribution in [3.8, 4) is 0 Å². The maximum absolute atomic E-state index is 13.0. The normalized spacial score (nSPS) is 16.9. The first kappa shape index (κ1) is 22.5. The van der Waals surface area contributed by atoms with Gasteiger partial charge in [0.1, 0.15) is 0 Å². The van der Waals surface area contributed by atoms with Gasteiger partial charge in [-0.1, -0.05) is 36.4 Å². The van der Waals surface area contributed by atoms with Crippen LogP contribution in [0.4, 0.5) is 0 Å². The van der Waals surface area contributed by atoms with Crippen LogP contribution >= 0.6 is 0 Å². The molecule has 5 nitrogen and oxygen atoms in total. The van der Waals surface area contributed by atoms with Gasteiger partial charge in [-0.05, 0) is 75.3 Å². The molecule has 1 fully saturated rings. The van der Waals surface area contributed by atoms with Gasteiger partial charge in [-0.15, -0.1) is 0 Å². The van der Waals surface area contributed by atoms with Crippen molar-refractivity contribution in [1.29, 1.82) is 0 Å². The second kappa shape index (κ2) is 9.75. The molecule has 0 spiro atoms. The maximum atomic E-state index is 13.0. The molecule has 6 heteroatoms. The van der Waals surface area contributed by atoms with Crippen LogP contribution in [0.15, 0.2) is 53.4 Å². The van der Waals surface area contributed by atoms with E-state index in [1.54, 1.807) is 12.1 Å². The highest BCUT2D eigenvalue weighted by molar-refractivity contribution is 7.89. The van der Waals surface area contributed by atoms with E-state index in [4.69, 9.17) is 0 Å². The van der Waals surface area contributed by atoms with Gasteiger partial charge in [0.05, 0.1) is 4.90 Å². The van der Waals surface area contributed by atoms with Crippen molar-refractivity contribution in [1.82, 2.24) is 9.62 Å². The van der Waals surface area contributed by atoms with E-state index in [2.05, 4.69) is 17.4 Å². The van der Waals surface area contributed by atoms with Gasteiger partial charge in [0, 0.05) is 25.0 Å². The zero-order valence-electron chi connectivity index (χ0n) is 18.1. The van der Waals surface area contributed by atoms with E-state index in [9.17, 15) is 13.2 Å². The first-order chi connectivity index (χ1) is 14.3. The summed E-state index contributed by atoms with van der Waals surface area (Å²) < 4.78 is 27.4. The highest BCUT2D eigenvalue weighted by Gasteiger charge is 2.32. The maximum Gasteiger partial charge on any atom is 0.243 e. The fraction of sp³-hybridized carbons (Fsp3) is 0.458. The molecule has 1 N–H and O–H groups in total. The summed E-state index contributed by atoms with van der Waals surface area (Å²) in [6.45, 7) is 6.68. The Hall–Kier alpha value is -2.18. The molecule has 0 aliphatic carbocycles. The average Bonchev–Trinajstić information content (AvgIpc) is 2.75. The number of aryl methyl sites for hydroxylation is 3. The summed E-state index contributed by atoms with van der Waals surface area (Å²) in [5, 5.41) is 3.11. The van der Waals surface area contributed by atoms with E-state index >= 15 is 0 Å². The van der Waals surface area contributed by atoms with Gasteiger partial charge in [0.15, 0.2) is 0 Å². The van der Waals surface area contributed by atoms with Crippen molar-refractivity contribution >= 4 is 15.9 Å². The summed E-state index contributed by atoms with van der Waals surface area (Å²) in [7, 11) is -3.51. The van der Waals surface area contributed by atoms with Crippen LogP contribution in [0.3, 0.4) is 0 Å². The summed E-state index contributed by atoms with van der Waals surface area (Å²) in [6, 6.07) is 15.6. The van der Waals surface area contributed by atoms with E-state index in [1.165, 1.54) is 9.87 Å². The number of benzene rings is 2. The van der Waals surface area contributed by atoms with E-state index in [1.807, 2.05) is 45.0 Å². The Balaban J connectivity index is 1.50. The Kier molecular flexibility index (Phi) is 7.32. The molecule has 2 aromatic rings. The van der Waals surface area contributed by atoms with Gasteiger partial charge < -0.3 is 5.32 Å². The summed E-state index contributed by atoms with van der Waals surface area (Å²) in [5.74, 6) is -0.0887. The highest BCUT2D eigenvalue weighted by atomic mass is 32.2. The number of hydrogen-bond donors (Lipinski definition) is 1. The van der Waals surface area contributed by atoms with Gasteiger partial charge in [-0.25, -0.2) is 8.42 Å². The minimum Gasteiger partial charge on any atom is -0.353 e. The number of hydrogen-bond acceptors (Lipinski definition) is 3. The lowest BCUT2D eigenvalue weighted by atomic mass is 9.96. The second-order valence-electron chi connectivity index (χ2n) is 8.36. The lowest BCUT2D eigenvalue weighted by Gasteiger charge is -2.31. The van der Waals surface area contributed by atoms with Crippen LogP contribution in [0.5, 0.6) is 0 Å². The van der Waals surface area contributed by atoms with Crippen LogP contribution in [-0.4, -0.2) is 37.8 Å². The molecule has 30 heavy (non-hydrogen) atoms. The molecule has 1 aliphatic rings. The number of amides is 1. The molecule has 162 valence electrons. The predicted molar refractivity (Wildman–Crippen MR) is 120 cm³/mol. The first-order valence-corrected chi connectivity index (χ1v) is 12.1. The third-order valence-electron chi connectivity index (χ3n) is 6.04. The molecule has 0 unspecified atom stereocenters. The topological polar surface area (TPSA) is 66.5 Å². The summed E-state index contributed by atoms with van der Waals surface area (Å²) in [6.07, 6.45) is 2.92. The van der Waals surface area contributed by atoms with Gasteiger partial charge in [-0.2, -0.15) is 4.31 Å². The molecule has 1 aliphatic heterocycles. The fourth-order valence-electron chi connectivity index (χ4n) is 3.84. The third-order valence-corrected chi connectivity index (χ3v) is 7.93. The molecule has 0 saturated carbocycles. The second-order valence-corrected chi connectivity index (χ2v) is 10.3. The van der Waals surface area contributed by atoms with Crippen LogP contribution in [-0.2, 0) is 21.2 Å². The first-order valence-electron chi connectivity index (χ1n) is 10.7. The Morgan fingerprint density at radius 1 is 1.07 bits per heavy atom. The van der Waals surface area contributed by atoms with Crippen LogP contribution in [0, 0.1) is 19.8 Å². The van der Waals surface area contributed by atoms with Gasteiger partial charge in [0.2, 0.25) is 15.9 Å². The largest absolute Gasteiger partial charge is 0.353 e. The monoisotopic (exact) mass is 428 g/mol. The van der Waals surface area contributed by atoms with E-state index < -0.39 is 10.0 Å². The van der Waals surface area contributed by atoms with Gasteiger partial charge in [-0.3, -0.25) is 4.79 Å². The zero-order chi connectivity index (χ0) is 21.7. The van der Waals surface area contributed by atoms with E-state index in [0.717, 1.165) is 24.0 Å². The van der Waals surface area contributed by atoms with Crippen molar-refractivity contribution in [2.24, 2.45) is 5.92 Å². The smallest absolute Gasteiger partial charge is 0.243 e. The van der Waals surface area contributed by atoms with Crippen molar-refractivity contribution in [2.75, 3.05) is 13.1 Å². The minimum atomic E-state index is -3.51. The van der Waals surface area contributed by atoms with Crippen LogP contribution in [0.25, 0.3) is 0 Å². The number of rotatable bonds is 7. The number of nitrogens with zero attached hydrogens (tertiary/aromatic N) is 1. The molecular formula is C24H32N2O3S. The highest BCUT2D eigenvalue weighted by Crippen LogP contribution is 2.25. The van der Waals surface area contributed by atoms with E-state index in [-0.39, 0.29) is 17.9 Å². The molecule has 2 aromatic carbocycles. The number of carbonyl (C=O) groups is 1. The fourth-order valence-corrected chi connectivity index (χ4v) is 5.40. The average molecular weight is 429 g/mol. The number of carbonyl (C=O) groups excluding carboxylic acids is 1. The Morgan fingerprint density at radius 2 is 1.73 bits per heavy atom. The standard InChI is InChI=1S/C24H32N2O3S/c1-18-9-12-23(17-19(18)2)30(28,29)26-15-13-22(14-16-26)24(27)25-20(3)10-11-21-7-5-4-6-8-21/h4-9,12,17,20,22H,10-11,13-16H2,1-3H3,(H,25,27)/t20-/m0/s1. The Bertz CT molecular complexity index is 965. The molecule has 0 aromatic heterocycles. The predicted octanol–water partition coefficient (Wildman–Crippen LogP) is 3.84. The lowest BCUT2D eigenvalue weighted by Crippen LogP contribution is -2.44. The van der Waals surface area contributed by atoms with Crippen LogP contribution < -0.4 is 5.32 Å². The molecule has 1 saturated heterocycles. The zero-order valence-corrected chi connectivity index (χ0v) is 18.9. The van der Waals surface area contributed by atoms with Crippen LogP contribution in [0.2, 0.25) is 0 Å². The van der Waals surface area contributed by atoms with Crippen molar-refractivity contribution < 1.29 is 13.2 Å². The molecule has 1 amide bonds. The molecule has 3 rings (SSSR count). The summed E-state index contributed by atoms with van der Waals surface area (Å²) in [4.78, 5) is 13.0. The number of piperidine rings is 1. The van der Waals surface area contributed by atoms with Crippen LogP contribution in [0.1, 0.15) is 42.9 Å². The van der Waals surface area contributed by atoms with Crippen molar-refractivity contribution in [3.63, 3.8) is 0 Å². The number of nitrogens with one attached hydrogen (secondary N) is 1. The molecule has 1 heterocycles. The quantitative estimate of drug-likeness (QED) is 0.729. The third kappa shape index (κ3) is 5.49. The minimum absolute atomic E-state index is 0.0405. The van der Waals surface area contributed by atoms with Gasteiger partial charge >= 0.3 is 0 Å². The SMILES string of the molecule is Cc1ccc(S(=O)(=O)N2CCC(C(=O)N[C@@H](C)CCc3ccccc3)CC2)cc1C. The Labute approximate surface area is 180 Å². The van der Waals surface area contributed by atoms with E-state index in [0.29, 0.717) is 30.8 Å². The van der Waals surface area contributed by atoms with Crippen molar-refractivity contribution in [2.45, 2.75) is 57.4 Å². The molecular weight excluding hydrogens is 396 g/mol. The molecule has 0 radical (unpaired) electrons. The molecule has 1 atom stereocenters. The van der Waals surface area contributed by atoms with Gasteiger partial charge in [0.25, 0.3) is 0 Å². The number of sulfonamides is 1. The summed E-state index contributed by atoms with van der Waals surface area (Å²) in [5.41, 5.74) is 3.31. The lowest BCUT2D eigenvalue weighted by molar-refractivity contribution is -0.126. The Morgan fingerprint density at radius 3 is 2.37 bits per heavy atom. The van der Waals surface area contributed by atoms with Crippen molar-refractivity contribution in [3.05, 3.63) is 65.2 Å². The summed E-state index contributed by atoms with van der Waals surface area (Å²) >= 11 is 0.